The number of hydrogen-bond donors (Lipinski definition) is 1. The molecule has 2 aromatic rings. The number of benzene rings is 2. The van der Waals surface area contributed by atoms with Crippen molar-refractivity contribution in [2.75, 3.05) is 24.1 Å². The zero-order valence-corrected chi connectivity index (χ0v) is 17.5. The molecular formula is C17H20N2O6S3. The van der Waals surface area contributed by atoms with Crippen molar-refractivity contribution >= 4 is 35.6 Å². The predicted molar refractivity (Wildman–Crippen MR) is 105 cm³/mol. The van der Waals surface area contributed by atoms with Gasteiger partial charge in [-0.05, 0) is 61.4 Å². The lowest BCUT2D eigenvalue weighted by molar-refractivity contribution is 0.477. The van der Waals surface area contributed by atoms with E-state index in [2.05, 4.69) is 4.72 Å². The molecule has 28 heavy (non-hydrogen) atoms. The molecule has 0 aliphatic carbocycles. The minimum absolute atomic E-state index is 0.0166. The van der Waals surface area contributed by atoms with E-state index in [0.717, 1.165) is 19.1 Å². The van der Waals surface area contributed by atoms with Crippen LogP contribution in [0.1, 0.15) is 12.8 Å². The van der Waals surface area contributed by atoms with E-state index in [9.17, 15) is 25.3 Å². The van der Waals surface area contributed by atoms with Crippen LogP contribution in [0, 0.1) is 0 Å². The Morgan fingerprint density at radius 2 is 1.18 bits per heavy atom. The standard InChI is InChI=1S/C17H20N2O6S3/c1-26(20,21)15-8-10-16(11-9-15)27(22,23)18-14-4-6-17(7-5-14)28(24,25)19-12-2-3-13-19/h4-11,18H,2-3,12-13H2,1H3. The molecule has 1 aliphatic rings. The van der Waals surface area contributed by atoms with Crippen molar-refractivity contribution in [1.82, 2.24) is 4.31 Å². The number of nitrogens with one attached hydrogen (secondary N) is 1. The van der Waals surface area contributed by atoms with Crippen molar-refractivity contribution in [3.63, 3.8) is 0 Å². The van der Waals surface area contributed by atoms with Crippen LogP contribution < -0.4 is 4.72 Å². The van der Waals surface area contributed by atoms with Gasteiger partial charge in [0, 0.05) is 25.0 Å². The van der Waals surface area contributed by atoms with E-state index >= 15 is 0 Å². The SMILES string of the molecule is CS(=O)(=O)c1ccc(S(=O)(=O)Nc2ccc(S(=O)(=O)N3CCCC3)cc2)cc1. The van der Waals surface area contributed by atoms with Gasteiger partial charge >= 0.3 is 0 Å². The molecule has 0 aromatic heterocycles. The van der Waals surface area contributed by atoms with E-state index in [1.54, 1.807) is 0 Å². The summed E-state index contributed by atoms with van der Waals surface area (Å²) in [6, 6.07) is 10.3. The van der Waals surface area contributed by atoms with E-state index in [1.165, 1.54) is 52.8 Å². The Kier molecular flexibility index (Phi) is 5.54. The lowest BCUT2D eigenvalue weighted by atomic mass is 10.3. The van der Waals surface area contributed by atoms with Gasteiger partial charge in [0.25, 0.3) is 10.0 Å². The van der Waals surface area contributed by atoms with Crippen molar-refractivity contribution in [3.05, 3.63) is 48.5 Å². The summed E-state index contributed by atoms with van der Waals surface area (Å²) < 4.78 is 76.7. The number of sulfone groups is 1. The maximum absolute atomic E-state index is 12.5. The molecule has 1 heterocycles. The summed E-state index contributed by atoms with van der Waals surface area (Å²) in [6.07, 6.45) is 2.69. The molecule has 0 spiro atoms. The third-order valence-corrected chi connectivity index (χ3v) is 8.81. The van der Waals surface area contributed by atoms with Crippen molar-refractivity contribution in [3.8, 4) is 0 Å². The Hall–Kier alpha value is -1.95. The van der Waals surface area contributed by atoms with E-state index in [1.807, 2.05) is 0 Å². The van der Waals surface area contributed by atoms with E-state index in [0.29, 0.717) is 13.1 Å². The molecule has 0 amide bonds. The van der Waals surface area contributed by atoms with Gasteiger partial charge in [0.05, 0.1) is 14.7 Å². The average Bonchev–Trinajstić information content (AvgIpc) is 3.17. The van der Waals surface area contributed by atoms with Gasteiger partial charge in [0.2, 0.25) is 10.0 Å². The van der Waals surface area contributed by atoms with E-state index in [4.69, 9.17) is 0 Å². The van der Waals surface area contributed by atoms with Crippen molar-refractivity contribution < 1.29 is 25.3 Å². The summed E-state index contributed by atoms with van der Waals surface area (Å²) in [5, 5.41) is 0. The second-order valence-electron chi connectivity index (χ2n) is 6.48. The topological polar surface area (TPSA) is 118 Å². The third kappa shape index (κ3) is 4.37. The summed E-state index contributed by atoms with van der Waals surface area (Å²) in [7, 11) is -10.9. The molecule has 1 saturated heterocycles. The molecule has 1 aliphatic heterocycles. The largest absolute Gasteiger partial charge is 0.280 e. The summed E-state index contributed by atoms with van der Waals surface area (Å²) >= 11 is 0. The molecule has 11 heteroatoms. The Balaban J connectivity index is 1.79. The molecule has 8 nitrogen and oxygen atoms in total. The normalized spacial score (nSPS) is 16.2. The van der Waals surface area contributed by atoms with Gasteiger partial charge in [-0.3, -0.25) is 4.72 Å². The smallest absolute Gasteiger partial charge is 0.261 e. The quantitative estimate of drug-likeness (QED) is 0.724. The highest BCUT2D eigenvalue weighted by Gasteiger charge is 2.27. The highest BCUT2D eigenvalue weighted by Crippen LogP contribution is 2.23. The highest BCUT2D eigenvalue weighted by atomic mass is 32.2. The van der Waals surface area contributed by atoms with Crippen LogP contribution in [-0.2, 0) is 29.9 Å². The fraction of sp³-hybridized carbons (Fsp3) is 0.294. The van der Waals surface area contributed by atoms with Crippen LogP contribution >= 0.6 is 0 Å². The number of anilines is 1. The van der Waals surface area contributed by atoms with Gasteiger partial charge in [0.15, 0.2) is 9.84 Å². The van der Waals surface area contributed by atoms with Crippen molar-refractivity contribution in [1.29, 1.82) is 0 Å². The minimum atomic E-state index is -3.94. The van der Waals surface area contributed by atoms with Gasteiger partial charge < -0.3 is 0 Å². The monoisotopic (exact) mass is 444 g/mol. The maximum atomic E-state index is 12.5. The van der Waals surface area contributed by atoms with Gasteiger partial charge in [-0.1, -0.05) is 0 Å². The number of rotatable bonds is 6. The van der Waals surface area contributed by atoms with Crippen LogP contribution in [0.15, 0.2) is 63.2 Å². The van der Waals surface area contributed by atoms with Gasteiger partial charge in [-0.2, -0.15) is 4.31 Å². The fourth-order valence-electron chi connectivity index (χ4n) is 2.85. The van der Waals surface area contributed by atoms with E-state index in [-0.39, 0.29) is 20.4 Å². The first kappa shape index (κ1) is 20.8. The molecule has 0 radical (unpaired) electrons. The van der Waals surface area contributed by atoms with Crippen LogP contribution in [0.4, 0.5) is 5.69 Å². The maximum Gasteiger partial charge on any atom is 0.261 e. The zero-order valence-electron chi connectivity index (χ0n) is 15.1. The summed E-state index contributed by atoms with van der Waals surface area (Å²) in [6.45, 7) is 0.973. The van der Waals surface area contributed by atoms with Crippen molar-refractivity contribution in [2.24, 2.45) is 0 Å². The predicted octanol–water partition coefficient (Wildman–Crippen LogP) is 1.68. The molecule has 1 fully saturated rings. The Bertz CT molecular complexity index is 1160. The molecule has 1 N–H and O–H groups in total. The first-order valence-electron chi connectivity index (χ1n) is 8.43. The Labute approximate surface area is 165 Å². The first-order chi connectivity index (χ1) is 13.0. The molecule has 0 atom stereocenters. The Morgan fingerprint density at radius 1 is 0.714 bits per heavy atom. The second kappa shape index (κ2) is 7.47. The molecule has 2 aromatic carbocycles. The molecular weight excluding hydrogens is 424 g/mol. The van der Waals surface area contributed by atoms with Gasteiger partial charge in [0.1, 0.15) is 0 Å². The summed E-state index contributed by atoms with van der Waals surface area (Å²) in [4.78, 5) is 0.0199. The lowest BCUT2D eigenvalue weighted by Gasteiger charge is -2.16. The van der Waals surface area contributed by atoms with E-state index < -0.39 is 29.9 Å². The molecule has 0 saturated carbocycles. The van der Waals surface area contributed by atoms with Crippen LogP contribution in [0.25, 0.3) is 0 Å². The second-order valence-corrected chi connectivity index (χ2v) is 12.1. The Morgan fingerprint density at radius 3 is 1.68 bits per heavy atom. The van der Waals surface area contributed by atoms with Crippen LogP contribution in [0.3, 0.4) is 0 Å². The zero-order chi connectivity index (χ0) is 20.6. The van der Waals surface area contributed by atoms with Crippen LogP contribution in [0.2, 0.25) is 0 Å². The summed E-state index contributed by atoms with van der Waals surface area (Å²) in [5.41, 5.74) is 0.201. The van der Waals surface area contributed by atoms with Crippen molar-refractivity contribution in [2.45, 2.75) is 27.5 Å². The number of nitrogens with zero attached hydrogens (tertiary/aromatic N) is 1. The van der Waals surface area contributed by atoms with Gasteiger partial charge in [-0.25, -0.2) is 25.3 Å². The lowest BCUT2D eigenvalue weighted by Crippen LogP contribution is -2.27. The highest BCUT2D eigenvalue weighted by molar-refractivity contribution is 7.92. The molecule has 3 rings (SSSR count). The number of hydrogen-bond acceptors (Lipinski definition) is 6. The molecule has 0 bridgehead atoms. The molecule has 0 unspecified atom stereocenters. The fourth-order valence-corrected chi connectivity index (χ4v) is 6.06. The summed E-state index contributed by atoms with van der Waals surface area (Å²) in [5.74, 6) is 0. The number of sulfonamides is 2. The molecule has 152 valence electrons. The van der Waals surface area contributed by atoms with Crippen LogP contribution in [-0.4, -0.2) is 48.9 Å². The van der Waals surface area contributed by atoms with Crippen LogP contribution in [0.5, 0.6) is 0 Å². The first-order valence-corrected chi connectivity index (χ1v) is 13.2. The van der Waals surface area contributed by atoms with Gasteiger partial charge in [-0.15, -0.1) is 0 Å². The third-order valence-electron chi connectivity index (χ3n) is 4.37. The average molecular weight is 445 g/mol. The minimum Gasteiger partial charge on any atom is -0.280 e.